The normalized spacial score (nSPS) is 16.2. The van der Waals surface area contributed by atoms with E-state index in [1.165, 1.54) is 15.4 Å². The molecule has 0 bridgehead atoms. The number of ether oxygens (including phenoxy) is 1. The van der Waals surface area contributed by atoms with Crippen LogP contribution in [0.5, 0.6) is 0 Å². The van der Waals surface area contributed by atoms with E-state index < -0.39 is 10.0 Å². The first-order valence-corrected chi connectivity index (χ1v) is 9.93. The lowest BCUT2D eigenvalue weighted by atomic mass is 10.3. The van der Waals surface area contributed by atoms with Gasteiger partial charge in [-0.2, -0.15) is 4.31 Å². The minimum Gasteiger partial charge on any atom is -0.379 e. The Hall–Kier alpha value is -1.55. The first-order chi connectivity index (χ1) is 11.5. The number of morpholine rings is 1. The fourth-order valence-electron chi connectivity index (χ4n) is 2.48. The number of nitrogens with one attached hydrogen (secondary N) is 1. The second-order valence-electron chi connectivity index (χ2n) is 5.48. The molecule has 0 atom stereocenters. The smallest absolute Gasteiger partial charge is 0.244 e. The number of anilines is 1. The van der Waals surface area contributed by atoms with Gasteiger partial charge in [0, 0.05) is 24.2 Å². The summed E-state index contributed by atoms with van der Waals surface area (Å²) in [4.78, 5) is 10.1. The van der Waals surface area contributed by atoms with Crippen molar-refractivity contribution in [3.63, 3.8) is 0 Å². The van der Waals surface area contributed by atoms with Gasteiger partial charge in [-0.1, -0.05) is 0 Å². The molecule has 1 aliphatic heterocycles. The molecule has 0 radical (unpaired) electrons. The molecule has 2 aromatic heterocycles. The van der Waals surface area contributed by atoms with Crippen molar-refractivity contribution in [2.75, 3.05) is 31.6 Å². The lowest BCUT2D eigenvalue weighted by molar-refractivity contribution is 0.0730. The van der Waals surface area contributed by atoms with E-state index in [2.05, 4.69) is 15.3 Å². The van der Waals surface area contributed by atoms with Crippen LogP contribution in [0.15, 0.2) is 23.2 Å². The highest BCUT2D eigenvalue weighted by atomic mass is 32.2. The first-order valence-electron chi connectivity index (χ1n) is 7.67. The second-order valence-corrected chi connectivity index (χ2v) is 8.83. The predicted molar refractivity (Wildman–Crippen MR) is 92.7 cm³/mol. The molecule has 24 heavy (non-hydrogen) atoms. The number of aromatic nitrogens is 2. The molecule has 2 aromatic rings. The number of thiazole rings is 1. The van der Waals surface area contributed by atoms with E-state index in [0.717, 1.165) is 10.7 Å². The molecule has 9 heteroatoms. The van der Waals surface area contributed by atoms with Gasteiger partial charge in [0.05, 0.1) is 30.5 Å². The molecular weight excluding hydrogens is 348 g/mol. The Morgan fingerprint density at radius 2 is 2.04 bits per heavy atom. The Labute approximate surface area is 145 Å². The molecule has 1 N–H and O–H groups in total. The Morgan fingerprint density at radius 3 is 2.62 bits per heavy atom. The fourth-order valence-corrected chi connectivity index (χ4v) is 4.67. The topological polar surface area (TPSA) is 84.4 Å². The van der Waals surface area contributed by atoms with E-state index in [4.69, 9.17) is 4.74 Å². The lowest BCUT2D eigenvalue weighted by Crippen LogP contribution is -2.40. The van der Waals surface area contributed by atoms with Crippen LogP contribution in [-0.4, -0.2) is 49.0 Å². The van der Waals surface area contributed by atoms with Gasteiger partial charge in [0.1, 0.15) is 10.7 Å². The van der Waals surface area contributed by atoms with Crippen molar-refractivity contribution >= 4 is 27.2 Å². The highest BCUT2D eigenvalue weighted by molar-refractivity contribution is 7.89. The van der Waals surface area contributed by atoms with Crippen LogP contribution >= 0.6 is 11.3 Å². The van der Waals surface area contributed by atoms with Gasteiger partial charge in [0.25, 0.3) is 0 Å². The van der Waals surface area contributed by atoms with Gasteiger partial charge in [-0.25, -0.2) is 18.4 Å². The van der Waals surface area contributed by atoms with Gasteiger partial charge in [-0.05, 0) is 26.0 Å². The molecule has 1 saturated heterocycles. The standard InChI is InChI=1S/C15H20N4O3S2/c1-11-14(18-12(2)23-11)10-17-15-4-3-13(9-16-15)24(20,21)19-5-7-22-8-6-19/h3-4,9H,5-8,10H2,1-2H3,(H,16,17). The minimum absolute atomic E-state index is 0.204. The molecular formula is C15H20N4O3S2. The number of hydrogen-bond acceptors (Lipinski definition) is 7. The molecule has 0 spiro atoms. The maximum absolute atomic E-state index is 12.5. The number of pyridine rings is 1. The average Bonchev–Trinajstić information content (AvgIpc) is 2.91. The molecule has 130 valence electrons. The minimum atomic E-state index is -3.50. The van der Waals surface area contributed by atoms with Crippen LogP contribution in [0.1, 0.15) is 15.6 Å². The maximum Gasteiger partial charge on any atom is 0.244 e. The van der Waals surface area contributed by atoms with Crippen molar-refractivity contribution in [3.8, 4) is 0 Å². The van der Waals surface area contributed by atoms with Crippen LogP contribution in [0.2, 0.25) is 0 Å². The molecule has 0 amide bonds. The van der Waals surface area contributed by atoms with E-state index in [1.807, 2.05) is 13.8 Å². The zero-order chi connectivity index (χ0) is 17.2. The van der Waals surface area contributed by atoms with E-state index in [-0.39, 0.29) is 4.90 Å². The summed E-state index contributed by atoms with van der Waals surface area (Å²) >= 11 is 1.66. The van der Waals surface area contributed by atoms with Gasteiger partial charge in [0.2, 0.25) is 10.0 Å². The monoisotopic (exact) mass is 368 g/mol. The largest absolute Gasteiger partial charge is 0.379 e. The predicted octanol–water partition coefficient (Wildman–Crippen LogP) is 1.79. The number of rotatable bonds is 5. The fraction of sp³-hybridized carbons (Fsp3) is 0.467. The number of hydrogen-bond donors (Lipinski definition) is 1. The van der Waals surface area contributed by atoms with Gasteiger partial charge < -0.3 is 10.1 Å². The summed E-state index contributed by atoms with van der Waals surface area (Å²) in [5.41, 5.74) is 0.990. The van der Waals surface area contributed by atoms with E-state index in [9.17, 15) is 8.42 Å². The average molecular weight is 368 g/mol. The SMILES string of the molecule is Cc1nc(CNc2ccc(S(=O)(=O)N3CCOCC3)cn2)c(C)s1. The quantitative estimate of drug-likeness (QED) is 0.866. The van der Waals surface area contributed by atoms with E-state index in [0.29, 0.717) is 38.7 Å². The van der Waals surface area contributed by atoms with Crippen LogP contribution in [0.4, 0.5) is 5.82 Å². The molecule has 1 fully saturated rings. The van der Waals surface area contributed by atoms with Gasteiger partial charge in [-0.3, -0.25) is 0 Å². The number of aryl methyl sites for hydroxylation is 2. The van der Waals surface area contributed by atoms with Crippen molar-refractivity contribution in [1.29, 1.82) is 0 Å². The summed E-state index contributed by atoms with van der Waals surface area (Å²) in [7, 11) is -3.50. The van der Waals surface area contributed by atoms with Crippen molar-refractivity contribution < 1.29 is 13.2 Å². The Bertz CT molecular complexity index is 797. The molecule has 0 unspecified atom stereocenters. The molecule has 0 aliphatic carbocycles. The molecule has 0 aromatic carbocycles. The summed E-state index contributed by atoms with van der Waals surface area (Å²) in [5.74, 6) is 0.626. The summed E-state index contributed by atoms with van der Waals surface area (Å²) in [6, 6.07) is 3.27. The maximum atomic E-state index is 12.5. The number of sulfonamides is 1. The Morgan fingerprint density at radius 1 is 1.29 bits per heavy atom. The van der Waals surface area contributed by atoms with E-state index in [1.54, 1.807) is 23.5 Å². The zero-order valence-electron chi connectivity index (χ0n) is 13.7. The summed E-state index contributed by atoms with van der Waals surface area (Å²) < 4.78 is 31.7. The van der Waals surface area contributed by atoms with Crippen molar-refractivity contribution in [3.05, 3.63) is 33.9 Å². The first kappa shape index (κ1) is 17.3. The van der Waals surface area contributed by atoms with Gasteiger partial charge in [-0.15, -0.1) is 11.3 Å². The lowest BCUT2D eigenvalue weighted by Gasteiger charge is -2.25. The Kier molecular flexibility index (Phi) is 5.14. The van der Waals surface area contributed by atoms with Crippen LogP contribution < -0.4 is 5.32 Å². The summed E-state index contributed by atoms with van der Waals surface area (Å²) in [6.45, 7) is 6.20. The van der Waals surface area contributed by atoms with Crippen LogP contribution in [0, 0.1) is 13.8 Å². The van der Waals surface area contributed by atoms with Crippen molar-refractivity contribution in [2.24, 2.45) is 0 Å². The Balaban J connectivity index is 1.67. The molecule has 0 saturated carbocycles. The summed E-state index contributed by atoms with van der Waals surface area (Å²) in [5, 5.41) is 4.21. The summed E-state index contributed by atoms with van der Waals surface area (Å²) in [6.07, 6.45) is 1.40. The molecule has 3 heterocycles. The molecule has 3 rings (SSSR count). The molecule has 1 aliphatic rings. The van der Waals surface area contributed by atoms with Crippen LogP contribution in [0.25, 0.3) is 0 Å². The third-order valence-electron chi connectivity index (χ3n) is 3.78. The third-order valence-corrected chi connectivity index (χ3v) is 6.59. The second kappa shape index (κ2) is 7.14. The number of nitrogens with zero attached hydrogens (tertiary/aromatic N) is 3. The van der Waals surface area contributed by atoms with Crippen LogP contribution in [-0.2, 0) is 21.3 Å². The van der Waals surface area contributed by atoms with Crippen molar-refractivity contribution in [2.45, 2.75) is 25.3 Å². The van der Waals surface area contributed by atoms with Crippen LogP contribution in [0.3, 0.4) is 0 Å². The highest BCUT2D eigenvalue weighted by Crippen LogP contribution is 2.19. The van der Waals surface area contributed by atoms with E-state index >= 15 is 0 Å². The third kappa shape index (κ3) is 3.75. The molecule has 7 nitrogen and oxygen atoms in total. The highest BCUT2D eigenvalue weighted by Gasteiger charge is 2.26. The van der Waals surface area contributed by atoms with Gasteiger partial charge in [0.15, 0.2) is 0 Å². The van der Waals surface area contributed by atoms with Gasteiger partial charge >= 0.3 is 0 Å². The zero-order valence-corrected chi connectivity index (χ0v) is 15.3. The van der Waals surface area contributed by atoms with Crippen molar-refractivity contribution in [1.82, 2.24) is 14.3 Å².